The van der Waals surface area contributed by atoms with Crippen LogP contribution in [-0.2, 0) is 19.4 Å². The molecule has 0 radical (unpaired) electrons. The van der Waals surface area contributed by atoms with Gasteiger partial charge < -0.3 is 4.74 Å². The SMILES string of the molecule is CSC1=CS(=O)(=O)CC1OC(C)=O. The first kappa shape index (κ1) is 10.6. The Morgan fingerprint density at radius 1 is 1.69 bits per heavy atom. The van der Waals surface area contributed by atoms with Gasteiger partial charge in [0.15, 0.2) is 9.84 Å². The summed E-state index contributed by atoms with van der Waals surface area (Å²) >= 11 is 1.29. The van der Waals surface area contributed by atoms with Crippen LogP contribution in [0.15, 0.2) is 10.3 Å². The number of hydrogen-bond acceptors (Lipinski definition) is 5. The van der Waals surface area contributed by atoms with Gasteiger partial charge in [-0.25, -0.2) is 8.42 Å². The van der Waals surface area contributed by atoms with Crippen molar-refractivity contribution >= 4 is 27.6 Å². The molecule has 0 N–H and O–H groups in total. The van der Waals surface area contributed by atoms with Crippen molar-refractivity contribution in [3.8, 4) is 0 Å². The van der Waals surface area contributed by atoms with Gasteiger partial charge in [0.1, 0.15) is 6.10 Å². The van der Waals surface area contributed by atoms with E-state index in [9.17, 15) is 13.2 Å². The van der Waals surface area contributed by atoms with Gasteiger partial charge in [-0.1, -0.05) is 0 Å². The lowest BCUT2D eigenvalue weighted by molar-refractivity contribution is -0.143. The molecule has 0 fully saturated rings. The van der Waals surface area contributed by atoms with Crippen LogP contribution in [0.5, 0.6) is 0 Å². The molecule has 0 aromatic heterocycles. The highest BCUT2D eigenvalue weighted by atomic mass is 32.2. The lowest BCUT2D eigenvalue weighted by Gasteiger charge is -2.11. The topological polar surface area (TPSA) is 60.4 Å². The van der Waals surface area contributed by atoms with E-state index in [1.54, 1.807) is 6.26 Å². The monoisotopic (exact) mass is 222 g/mol. The van der Waals surface area contributed by atoms with Crippen LogP contribution in [0.25, 0.3) is 0 Å². The Bertz CT molecular complexity index is 342. The normalized spacial score (nSPS) is 25.4. The molecule has 13 heavy (non-hydrogen) atoms. The Morgan fingerprint density at radius 2 is 2.31 bits per heavy atom. The summed E-state index contributed by atoms with van der Waals surface area (Å²) < 4.78 is 27.1. The molecule has 0 saturated carbocycles. The van der Waals surface area contributed by atoms with Gasteiger partial charge in [0.25, 0.3) is 0 Å². The lowest BCUT2D eigenvalue weighted by atomic mass is 10.4. The summed E-state index contributed by atoms with van der Waals surface area (Å²) in [5.41, 5.74) is 0. The Labute approximate surface area is 81.3 Å². The van der Waals surface area contributed by atoms with Gasteiger partial charge in [-0.2, -0.15) is 0 Å². The van der Waals surface area contributed by atoms with Gasteiger partial charge in [-0.05, 0) is 6.26 Å². The second-order valence-corrected chi connectivity index (χ2v) is 5.43. The molecular formula is C7H10O4S2. The zero-order chi connectivity index (χ0) is 10.1. The van der Waals surface area contributed by atoms with Crippen molar-refractivity contribution in [3.63, 3.8) is 0 Å². The average molecular weight is 222 g/mol. The molecule has 74 valence electrons. The molecule has 1 unspecified atom stereocenters. The average Bonchev–Trinajstić information content (AvgIpc) is 2.24. The summed E-state index contributed by atoms with van der Waals surface area (Å²) in [6.45, 7) is 1.27. The second kappa shape index (κ2) is 3.71. The summed E-state index contributed by atoms with van der Waals surface area (Å²) in [7, 11) is -3.16. The summed E-state index contributed by atoms with van der Waals surface area (Å²) in [5, 5.41) is 1.17. The first-order valence-corrected chi connectivity index (χ1v) is 6.54. The Hall–Kier alpha value is -0.490. The van der Waals surface area contributed by atoms with Crippen LogP contribution >= 0.6 is 11.8 Å². The zero-order valence-corrected chi connectivity index (χ0v) is 8.94. The van der Waals surface area contributed by atoms with E-state index in [4.69, 9.17) is 4.74 Å². The van der Waals surface area contributed by atoms with Crippen molar-refractivity contribution in [1.82, 2.24) is 0 Å². The van der Waals surface area contributed by atoms with Crippen LogP contribution in [-0.4, -0.2) is 32.5 Å². The molecule has 0 spiro atoms. The van der Waals surface area contributed by atoms with E-state index in [2.05, 4.69) is 0 Å². The predicted molar refractivity (Wildman–Crippen MR) is 50.9 cm³/mol. The maximum atomic E-state index is 11.1. The summed E-state index contributed by atoms with van der Waals surface area (Å²) in [6, 6.07) is 0. The number of rotatable bonds is 2. The minimum absolute atomic E-state index is 0.122. The number of esters is 1. The van der Waals surface area contributed by atoms with Crippen molar-refractivity contribution < 1.29 is 17.9 Å². The fraction of sp³-hybridized carbons (Fsp3) is 0.571. The molecule has 0 amide bonds. The van der Waals surface area contributed by atoms with Crippen molar-refractivity contribution in [1.29, 1.82) is 0 Å². The van der Waals surface area contributed by atoms with E-state index in [1.807, 2.05) is 0 Å². The van der Waals surface area contributed by atoms with Crippen molar-refractivity contribution in [2.24, 2.45) is 0 Å². The predicted octanol–water partition coefficient (Wildman–Crippen LogP) is 0.551. The molecule has 6 heteroatoms. The minimum atomic E-state index is -3.16. The van der Waals surface area contributed by atoms with Gasteiger partial charge >= 0.3 is 5.97 Å². The molecule has 0 aliphatic carbocycles. The zero-order valence-electron chi connectivity index (χ0n) is 7.31. The summed E-state index contributed by atoms with van der Waals surface area (Å²) in [6.07, 6.45) is 1.15. The highest BCUT2D eigenvalue weighted by Gasteiger charge is 2.31. The van der Waals surface area contributed by atoms with Crippen molar-refractivity contribution in [3.05, 3.63) is 10.3 Å². The molecule has 0 bridgehead atoms. The number of ether oxygens (including phenoxy) is 1. The molecule has 1 rings (SSSR count). The number of hydrogen-bond donors (Lipinski definition) is 0. The van der Waals surface area contributed by atoms with Crippen LogP contribution in [0.1, 0.15) is 6.92 Å². The molecule has 1 aliphatic heterocycles. The molecule has 0 saturated heterocycles. The van der Waals surface area contributed by atoms with Crippen molar-refractivity contribution in [2.45, 2.75) is 13.0 Å². The third-order valence-corrected chi connectivity index (χ3v) is 3.92. The van der Waals surface area contributed by atoms with E-state index in [0.29, 0.717) is 4.91 Å². The highest BCUT2D eigenvalue weighted by Crippen LogP contribution is 2.28. The lowest BCUT2D eigenvalue weighted by Crippen LogP contribution is -2.20. The van der Waals surface area contributed by atoms with Crippen LogP contribution < -0.4 is 0 Å². The van der Waals surface area contributed by atoms with E-state index in [-0.39, 0.29) is 5.75 Å². The Balaban J connectivity index is 2.81. The van der Waals surface area contributed by atoms with Gasteiger partial charge in [-0.3, -0.25) is 4.79 Å². The Kier molecular flexibility index (Phi) is 3.02. The maximum Gasteiger partial charge on any atom is 0.303 e. The standard InChI is InChI=1S/C7H10O4S2/c1-5(8)11-6-3-13(9,10)4-7(6)12-2/h4,6H,3H2,1-2H3. The van der Waals surface area contributed by atoms with Crippen LogP contribution in [0.4, 0.5) is 0 Å². The summed E-state index contributed by atoms with van der Waals surface area (Å²) in [5.74, 6) is -0.579. The molecule has 1 atom stereocenters. The Morgan fingerprint density at radius 3 is 2.77 bits per heavy atom. The van der Waals surface area contributed by atoms with E-state index in [1.165, 1.54) is 24.1 Å². The number of carbonyl (C=O) groups excluding carboxylic acids is 1. The quantitative estimate of drug-likeness (QED) is 0.639. The largest absolute Gasteiger partial charge is 0.456 e. The fourth-order valence-electron chi connectivity index (χ4n) is 1.07. The van der Waals surface area contributed by atoms with E-state index < -0.39 is 21.9 Å². The molecule has 4 nitrogen and oxygen atoms in total. The number of carbonyl (C=O) groups is 1. The van der Waals surface area contributed by atoms with E-state index in [0.717, 1.165) is 0 Å². The molecular weight excluding hydrogens is 212 g/mol. The van der Waals surface area contributed by atoms with Gasteiger partial charge in [0, 0.05) is 17.2 Å². The van der Waals surface area contributed by atoms with Gasteiger partial charge in [0.2, 0.25) is 0 Å². The molecule has 1 aliphatic rings. The van der Waals surface area contributed by atoms with Gasteiger partial charge in [-0.15, -0.1) is 11.8 Å². The number of thioether (sulfide) groups is 1. The van der Waals surface area contributed by atoms with Crippen LogP contribution in [0, 0.1) is 0 Å². The maximum absolute atomic E-state index is 11.1. The third kappa shape index (κ3) is 2.73. The summed E-state index contributed by atoms with van der Waals surface area (Å²) in [4.78, 5) is 11.2. The first-order chi connectivity index (χ1) is 5.94. The second-order valence-electron chi connectivity index (χ2n) is 2.65. The minimum Gasteiger partial charge on any atom is -0.456 e. The third-order valence-electron chi connectivity index (χ3n) is 1.54. The van der Waals surface area contributed by atoms with E-state index >= 15 is 0 Å². The van der Waals surface area contributed by atoms with Crippen molar-refractivity contribution in [2.75, 3.05) is 12.0 Å². The fourth-order valence-corrected chi connectivity index (χ4v) is 3.66. The molecule has 0 aromatic carbocycles. The highest BCUT2D eigenvalue weighted by molar-refractivity contribution is 8.04. The molecule has 1 heterocycles. The van der Waals surface area contributed by atoms with Crippen LogP contribution in [0.3, 0.4) is 0 Å². The number of sulfone groups is 1. The first-order valence-electron chi connectivity index (χ1n) is 3.60. The molecule has 0 aromatic rings. The smallest absolute Gasteiger partial charge is 0.303 e. The van der Waals surface area contributed by atoms with Gasteiger partial charge in [0.05, 0.1) is 5.75 Å². The van der Waals surface area contributed by atoms with Crippen LogP contribution in [0.2, 0.25) is 0 Å².